The molecule has 1 aliphatic carbocycles. The Morgan fingerprint density at radius 1 is 1.21 bits per heavy atom. The molecule has 2 aliphatic rings. The van der Waals surface area contributed by atoms with Crippen molar-refractivity contribution < 1.29 is 18.0 Å². The van der Waals surface area contributed by atoms with Gasteiger partial charge in [0, 0.05) is 12.6 Å². The van der Waals surface area contributed by atoms with Gasteiger partial charge in [0.05, 0.1) is 24.3 Å². The number of rotatable bonds is 5. The molecular formula is C22H24F3N7OS. The lowest BCUT2D eigenvalue weighted by atomic mass is 10.1. The minimum Gasteiger partial charge on any atom is -0.389 e. The summed E-state index contributed by atoms with van der Waals surface area (Å²) < 4.78 is 44.7. The molecule has 34 heavy (non-hydrogen) atoms. The lowest BCUT2D eigenvalue weighted by molar-refractivity contribution is 0.102. The van der Waals surface area contributed by atoms with Crippen molar-refractivity contribution in [2.75, 3.05) is 29.0 Å². The van der Waals surface area contributed by atoms with E-state index >= 15 is 0 Å². The average molecular weight is 492 g/mol. The lowest BCUT2D eigenvalue weighted by Crippen LogP contribution is -2.32. The molecule has 8 nitrogen and oxygen atoms in total. The third-order valence-corrected chi connectivity index (χ3v) is 6.90. The largest absolute Gasteiger partial charge is 0.389 e. The standard InChI is InChI=1S/C22H24F3N7OS/c23-11-8-12(26)6-7-31(10-11)22-16(9-28-32(22)13-4-5-13)29-20(33)18-19(27)34-21(30-18)17-14(24)2-1-3-15(17)25/h1-3,9,11-13H,4-8,10,26-27H2,(H,29,33)/t11-,12-/m1/s1. The molecule has 2 atom stereocenters. The molecule has 1 saturated carbocycles. The van der Waals surface area contributed by atoms with E-state index in [4.69, 9.17) is 11.5 Å². The van der Waals surface area contributed by atoms with Gasteiger partial charge in [-0.3, -0.25) is 4.79 Å². The van der Waals surface area contributed by atoms with E-state index in [1.165, 1.54) is 12.3 Å². The zero-order valence-electron chi connectivity index (χ0n) is 18.2. The van der Waals surface area contributed by atoms with Gasteiger partial charge in [0.2, 0.25) is 0 Å². The fraction of sp³-hybridized carbons (Fsp3) is 0.409. The lowest BCUT2D eigenvalue weighted by Gasteiger charge is -2.25. The van der Waals surface area contributed by atoms with Crippen LogP contribution in [0.4, 0.5) is 29.7 Å². The normalized spacial score (nSPS) is 20.9. The fourth-order valence-electron chi connectivity index (χ4n) is 4.20. The van der Waals surface area contributed by atoms with Gasteiger partial charge in [-0.25, -0.2) is 22.8 Å². The number of carbonyl (C=O) groups excluding carboxylic acids is 1. The van der Waals surface area contributed by atoms with Gasteiger partial charge >= 0.3 is 0 Å². The van der Waals surface area contributed by atoms with Crippen LogP contribution in [0.1, 0.15) is 42.2 Å². The van der Waals surface area contributed by atoms with E-state index in [-0.39, 0.29) is 46.3 Å². The monoisotopic (exact) mass is 491 g/mol. The molecule has 0 spiro atoms. The van der Waals surface area contributed by atoms with Crippen molar-refractivity contribution in [3.05, 3.63) is 41.7 Å². The first-order valence-electron chi connectivity index (χ1n) is 11.1. The number of hydrogen-bond donors (Lipinski definition) is 3. The predicted molar refractivity (Wildman–Crippen MR) is 125 cm³/mol. The van der Waals surface area contributed by atoms with E-state index in [9.17, 15) is 18.0 Å². The van der Waals surface area contributed by atoms with E-state index in [2.05, 4.69) is 15.4 Å². The van der Waals surface area contributed by atoms with Gasteiger partial charge in [-0.1, -0.05) is 17.4 Å². The Morgan fingerprint density at radius 3 is 2.65 bits per heavy atom. The van der Waals surface area contributed by atoms with Gasteiger partial charge in [-0.2, -0.15) is 5.10 Å². The highest BCUT2D eigenvalue weighted by atomic mass is 32.1. The number of hydrogen-bond acceptors (Lipinski definition) is 7. The average Bonchev–Trinajstić information content (AvgIpc) is 3.47. The second kappa shape index (κ2) is 8.91. The fourth-order valence-corrected chi connectivity index (χ4v) is 5.07. The molecule has 0 bridgehead atoms. The van der Waals surface area contributed by atoms with Crippen molar-refractivity contribution in [3.63, 3.8) is 0 Å². The third kappa shape index (κ3) is 4.34. The Bertz CT molecular complexity index is 1210. The molecule has 12 heteroatoms. The van der Waals surface area contributed by atoms with Crippen molar-refractivity contribution in [2.24, 2.45) is 5.73 Å². The summed E-state index contributed by atoms with van der Waals surface area (Å²) in [5, 5.41) is 7.19. The van der Waals surface area contributed by atoms with Gasteiger partial charge in [0.1, 0.15) is 33.5 Å². The Hall–Kier alpha value is -3.12. The van der Waals surface area contributed by atoms with E-state index in [0.717, 1.165) is 36.3 Å². The van der Waals surface area contributed by atoms with Crippen LogP contribution >= 0.6 is 11.3 Å². The van der Waals surface area contributed by atoms with E-state index < -0.39 is 23.7 Å². The maximum absolute atomic E-state index is 14.5. The van der Waals surface area contributed by atoms with E-state index in [1.807, 2.05) is 9.58 Å². The molecule has 0 unspecified atom stereocenters. The number of alkyl halides is 1. The Balaban J connectivity index is 1.44. The number of thiazole rings is 1. The summed E-state index contributed by atoms with van der Waals surface area (Å²) in [6.07, 6.45) is 3.21. The highest BCUT2D eigenvalue weighted by Crippen LogP contribution is 2.41. The molecule has 3 heterocycles. The number of benzene rings is 1. The van der Waals surface area contributed by atoms with Crippen LogP contribution in [0.3, 0.4) is 0 Å². The number of nitrogens with two attached hydrogens (primary N) is 2. The first-order chi connectivity index (χ1) is 16.3. The molecule has 1 amide bonds. The molecule has 5 N–H and O–H groups in total. The van der Waals surface area contributed by atoms with Crippen LogP contribution in [0, 0.1) is 11.6 Å². The van der Waals surface area contributed by atoms with Crippen LogP contribution in [0.2, 0.25) is 0 Å². The van der Waals surface area contributed by atoms with Crippen molar-refractivity contribution in [2.45, 2.75) is 43.9 Å². The minimum absolute atomic E-state index is 0.0239. The highest BCUT2D eigenvalue weighted by Gasteiger charge is 2.33. The molecule has 3 aromatic rings. The summed E-state index contributed by atoms with van der Waals surface area (Å²) in [4.78, 5) is 19.1. The molecule has 1 saturated heterocycles. The van der Waals surface area contributed by atoms with Crippen LogP contribution in [0.5, 0.6) is 0 Å². The van der Waals surface area contributed by atoms with Crippen LogP contribution in [0.25, 0.3) is 10.6 Å². The maximum atomic E-state index is 14.5. The van der Waals surface area contributed by atoms with Crippen LogP contribution < -0.4 is 21.7 Å². The zero-order valence-corrected chi connectivity index (χ0v) is 19.0. The zero-order chi connectivity index (χ0) is 24.0. The van der Waals surface area contributed by atoms with E-state index in [0.29, 0.717) is 24.5 Å². The van der Waals surface area contributed by atoms with Gasteiger partial charge in [0.25, 0.3) is 5.91 Å². The number of aromatic nitrogens is 3. The van der Waals surface area contributed by atoms with Crippen molar-refractivity contribution in [1.82, 2.24) is 14.8 Å². The molecule has 5 rings (SSSR count). The predicted octanol–water partition coefficient (Wildman–Crippen LogP) is 3.72. The van der Waals surface area contributed by atoms with Gasteiger partial charge in [-0.15, -0.1) is 0 Å². The summed E-state index contributed by atoms with van der Waals surface area (Å²) >= 11 is 0.821. The van der Waals surface area contributed by atoms with Gasteiger partial charge in [0.15, 0.2) is 11.5 Å². The Kier molecular flexibility index (Phi) is 5.94. The molecule has 1 aromatic carbocycles. The first kappa shape index (κ1) is 22.7. The third-order valence-electron chi connectivity index (χ3n) is 6.00. The van der Waals surface area contributed by atoms with Crippen LogP contribution in [0.15, 0.2) is 24.4 Å². The molecule has 0 radical (unpaired) electrons. The number of nitrogen functional groups attached to an aromatic ring is 1. The summed E-state index contributed by atoms with van der Waals surface area (Å²) in [6.45, 7) is 0.670. The number of amides is 1. The van der Waals surface area contributed by atoms with Crippen molar-refractivity contribution in [3.8, 4) is 10.6 Å². The molecule has 1 aliphatic heterocycles. The van der Waals surface area contributed by atoms with Gasteiger partial charge in [-0.05, 0) is 37.8 Å². The number of carbonyl (C=O) groups is 1. The number of nitrogens with one attached hydrogen (secondary N) is 1. The molecular weight excluding hydrogens is 467 g/mol. The smallest absolute Gasteiger partial charge is 0.277 e. The quantitative estimate of drug-likeness (QED) is 0.501. The van der Waals surface area contributed by atoms with Crippen LogP contribution in [-0.2, 0) is 0 Å². The van der Waals surface area contributed by atoms with Crippen molar-refractivity contribution in [1.29, 1.82) is 0 Å². The van der Waals surface area contributed by atoms with Crippen molar-refractivity contribution >= 4 is 33.8 Å². The SMILES string of the molecule is Nc1sc(-c2c(F)cccc2F)nc1C(=O)Nc1cnn(C2CC2)c1N1CC[C@@H](N)C[C@@H](F)C1. The summed E-state index contributed by atoms with van der Waals surface area (Å²) in [7, 11) is 0. The topological polar surface area (TPSA) is 115 Å². The minimum atomic E-state index is -1.10. The maximum Gasteiger partial charge on any atom is 0.277 e. The summed E-state index contributed by atoms with van der Waals surface area (Å²) in [5.41, 5.74) is 11.9. The van der Waals surface area contributed by atoms with Crippen LogP contribution in [-0.4, -0.2) is 46.0 Å². The Labute approximate surface area is 197 Å². The van der Waals surface area contributed by atoms with Gasteiger partial charge < -0.3 is 21.7 Å². The second-order valence-electron chi connectivity index (χ2n) is 8.67. The number of nitrogens with zero attached hydrogens (tertiary/aromatic N) is 4. The second-order valence-corrected chi connectivity index (χ2v) is 9.70. The summed E-state index contributed by atoms with van der Waals surface area (Å²) in [5.74, 6) is -1.62. The molecule has 2 aromatic heterocycles. The molecule has 2 fully saturated rings. The molecule has 180 valence electrons. The Morgan fingerprint density at radius 2 is 1.94 bits per heavy atom. The highest BCUT2D eigenvalue weighted by molar-refractivity contribution is 7.19. The van der Waals surface area contributed by atoms with E-state index in [1.54, 1.807) is 0 Å². The summed E-state index contributed by atoms with van der Waals surface area (Å²) in [6, 6.07) is 3.42. The first-order valence-corrected chi connectivity index (χ1v) is 11.9. The number of halogens is 3. The number of anilines is 3.